The predicted octanol–water partition coefficient (Wildman–Crippen LogP) is 4.06. The summed E-state index contributed by atoms with van der Waals surface area (Å²) in [5, 5.41) is 0.0142. The highest BCUT2D eigenvalue weighted by Crippen LogP contribution is 2.40. The third-order valence-electron chi connectivity index (χ3n) is 3.72. The average Bonchev–Trinajstić information content (AvgIpc) is 2.87. The summed E-state index contributed by atoms with van der Waals surface area (Å²) in [6.07, 6.45) is 0.0777. The number of nitrogens with zero attached hydrogens (tertiary/aromatic N) is 1. The fraction of sp³-hybridized carbons (Fsp3) is 0.500. The topological polar surface area (TPSA) is 31.4 Å². The van der Waals surface area contributed by atoms with Gasteiger partial charge in [0.2, 0.25) is 0 Å². The molecule has 1 spiro atoms. The molecule has 1 aromatic rings. The first-order valence-corrected chi connectivity index (χ1v) is 6.97. The van der Waals surface area contributed by atoms with Crippen LogP contribution in [0.1, 0.15) is 30.5 Å². The van der Waals surface area contributed by atoms with Crippen LogP contribution in [-0.4, -0.2) is 24.0 Å². The Balaban J connectivity index is 1.83. The van der Waals surface area contributed by atoms with Crippen LogP contribution in [0.15, 0.2) is 18.3 Å². The summed E-state index contributed by atoms with van der Waals surface area (Å²) in [4.78, 5) is 3.88. The van der Waals surface area contributed by atoms with Crippen LogP contribution < -0.4 is 0 Å². The third-order valence-corrected chi connectivity index (χ3v) is 4.01. The molecule has 0 N–H and O–H groups in total. The molecular weight excluding hydrogens is 307 g/mol. The number of aromatic nitrogens is 1. The van der Waals surface area contributed by atoms with E-state index < -0.39 is 17.5 Å². The van der Waals surface area contributed by atoms with Crippen LogP contribution in [0.3, 0.4) is 0 Å². The van der Waals surface area contributed by atoms with E-state index in [-0.39, 0.29) is 5.02 Å². The zero-order valence-electron chi connectivity index (χ0n) is 11.0. The lowest BCUT2D eigenvalue weighted by molar-refractivity contribution is -0.159. The smallest absolute Gasteiger partial charge is 0.347 e. The van der Waals surface area contributed by atoms with Crippen LogP contribution in [-0.2, 0) is 15.7 Å². The number of rotatable bonds is 1. The van der Waals surface area contributed by atoms with Gasteiger partial charge in [-0.25, -0.2) is 0 Å². The molecule has 21 heavy (non-hydrogen) atoms. The molecule has 1 saturated heterocycles. The lowest BCUT2D eigenvalue weighted by atomic mass is 9.92. The van der Waals surface area contributed by atoms with Gasteiger partial charge in [0.15, 0.2) is 5.79 Å². The normalized spacial score (nSPS) is 21.6. The van der Waals surface area contributed by atoms with Crippen LogP contribution >= 0.6 is 11.6 Å². The van der Waals surface area contributed by atoms with Crippen LogP contribution in [0.2, 0.25) is 5.02 Å². The van der Waals surface area contributed by atoms with Crippen molar-refractivity contribution in [2.45, 2.75) is 31.2 Å². The Morgan fingerprint density at radius 1 is 1.24 bits per heavy atom. The van der Waals surface area contributed by atoms with Crippen LogP contribution in [0.25, 0.3) is 5.57 Å². The summed E-state index contributed by atoms with van der Waals surface area (Å²) in [7, 11) is 0. The highest BCUT2D eigenvalue weighted by Gasteiger charge is 2.38. The van der Waals surface area contributed by atoms with Crippen molar-refractivity contribution in [2.75, 3.05) is 13.2 Å². The molecule has 0 radical (unpaired) electrons. The number of halogens is 4. The second kappa shape index (κ2) is 5.26. The van der Waals surface area contributed by atoms with E-state index in [1.807, 2.05) is 6.08 Å². The molecule has 2 heterocycles. The van der Waals surface area contributed by atoms with Crippen LogP contribution in [0.5, 0.6) is 0 Å². The van der Waals surface area contributed by atoms with Gasteiger partial charge in [0, 0.05) is 19.0 Å². The maximum atomic E-state index is 12.6. The van der Waals surface area contributed by atoms with Gasteiger partial charge >= 0.3 is 6.18 Å². The average molecular weight is 320 g/mol. The predicted molar refractivity (Wildman–Crippen MR) is 70.7 cm³/mol. The highest BCUT2D eigenvalue weighted by atomic mass is 35.5. The number of ether oxygens (including phenoxy) is 2. The van der Waals surface area contributed by atoms with Gasteiger partial charge in [-0.15, -0.1) is 0 Å². The maximum Gasteiger partial charge on any atom is 0.417 e. The molecule has 1 aliphatic carbocycles. The summed E-state index contributed by atoms with van der Waals surface area (Å²) >= 11 is 5.95. The molecule has 3 nitrogen and oxygen atoms in total. The van der Waals surface area contributed by atoms with E-state index in [4.69, 9.17) is 21.1 Å². The SMILES string of the molecule is FC(F)(F)c1cnc(C2=CCC3(CC2)OCCO3)c(Cl)c1. The van der Waals surface area contributed by atoms with Crippen molar-refractivity contribution in [1.29, 1.82) is 0 Å². The first-order valence-electron chi connectivity index (χ1n) is 6.60. The molecule has 1 aromatic heterocycles. The van der Waals surface area contributed by atoms with Crippen molar-refractivity contribution in [2.24, 2.45) is 0 Å². The molecule has 0 bridgehead atoms. The fourth-order valence-electron chi connectivity index (χ4n) is 2.61. The maximum absolute atomic E-state index is 12.6. The number of pyridine rings is 1. The fourth-order valence-corrected chi connectivity index (χ4v) is 2.90. The van der Waals surface area contributed by atoms with Crippen molar-refractivity contribution in [3.63, 3.8) is 0 Å². The molecule has 2 aliphatic rings. The van der Waals surface area contributed by atoms with Crippen molar-refractivity contribution in [1.82, 2.24) is 4.98 Å². The van der Waals surface area contributed by atoms with E-state index in [9.17, 15) is 13.2 Å². The Morgan fingerprint density at radius 2 is 1.95 bits per heavy atom. The molecule has 3 rings (SSSR count). The second-order valence-corrected chi connectivity index (χ2v) is 5.50. The monoisotopic (exact) mass is 319 g/mol. The van der Waals surface area contributed by atoms with Gasteiger partial charge in [-0.1, -0.05) is 17.7 Å². The van der Waals surface area contributed by atoms with Gasteiger partial charge in [-0.3, -0.25) is 4.98 Å². The zero-order valence-corrected chi connectivity index (χ0v) is 11.8. The van der Waals surface area contributed by atoms with E-state index >= 15 is 0 Å². The van der Waals surface area contributed by atoms with E-state index in [0.717, 1.165) is 17.8 Å². The van der Waals surface area contributed by atoms with Crippen molar-refractivity contribution in [3.8, 4) is 0 Å². The van der Waals surface area contributed by atoms with Crippen molar-refractivity contribution >= 4 is 17.2 Å². The molecule has 1 fully saturated rings. The van der Waals surface area contributed by atoms with E-state index in [0.29, 0.717) is 38.2 Å². The largest absolute Gasteiger partial charge is 0.417 e. The number of allylic oxidation sites excluding steroid dienone is 1. The third kappa shape index (κ3) is 2.93. The van der Waals surface area contributed by atoms with Crippen molar-refractivity contribution in [3.05, 3.63) is 34.6 Å². The number of alkyl halides is 3. The second-order valence-electron chi connectivity index (χ2n) is 5.09. The quantitative estimate of drug-likeness (QED) is 0.782. The Hall–Kier alpha value is -1.11. The van der Waals surface area contributed by atoms with Gasteiger partial charge in [-0.05, 0) is 18.1 Å². The minimum atomic E-state index is -4.44. The minimum absolute atomic E-state index is 0.0142. The molecule has 0 amide bonds. The summed E-state index contributed by atoms with van der Waals surface area (Å²) in [5.41, 5.74) is 0.391. The van der Waals surface area contributed by atoms with Gasteiger partial charge in [0.05, 0.1) is 29.5 Å². The summed E-state index contributed by atoms with van der Waals surface area (Å²) in [6, 6.07) is 0.914. The van der Waals surface area contributed by atoms with Gasteiger partial charge in [0.25, 0.3) is 0 Å². The minimum Gasteiger partial charge on any atom is -0.347 e. The van der Waals surface area contributed by atoms with E-state index in [2.05, 4.69) is 4.98 Å². The van der Waals surface area contributed by atoms with Gasteiger partial charge in [0.1, 0.15) is 0 Å². The highest BCUT2D eigenvalue weighted by molar-refractivity contribution is 6.32. The number of hydrogen-bond donors (Lipinski definition) is 0. The van der Waals surface area contributed by atoms with Crippen LogP contribution in [0.4, 0.5) is 13.2 Å². The van der Waals surface area contributed by atoms with Crippen LogP contribution in [0, 0.1) is 0 Å². The van der Waals surface area contributed by atoms with Crippen molar-refractivity contribution < 1.29 is 22.6 Å². The Kier molecular flexibility index (Phi) is 3.71. The molecule has 7 heteroatoms. The molecule has 0 unspecified atom stereocenters. The van der Waals surface area contributed by atoms with Gasteiger partial charge in [-0.2, -0.15) is 13.2 Å². The lowest BCUT2D eigenvalue weighted by Crippen LogP contribution is -2.31. The number of hydrogen-bond acceptors (Lipinski definition) is 3. The molecule has 114 valence electrons. The van der Waals surface area contributed by atoms with Gasteiger partial charge < -0.3 is 9.47 Å². The molecule has 1 aliphatic heterocycles. The summed E-state index contributed by atoms with van der Waals surface area (Å²) in [6.45, 7) is 1.14. The molecule has 0 saturated carbocycles. The Bertz CT molecular complexity index is 580. The first kappa shape index (κ1) is 14.8. The standard InChI is InChI=1S/C14H13ClF3NO2/c15-11-7-10(14(16,17)18)8-19-12(11)9-1-3-13(4-2-9)20-5-6-21-13/h1,7-8H,2-6H2. The molecule has 0 atom stereocenters. The summed E-state index contributed by atoms with van der Waals surface area (Å²) in [5.74, 6) is -0.568. The zero-order chi connectivity index (χ0) is 15.1. The van der Waals surface area contributed by atoms with E-state index in [1.54, 1.807) is 0 Å². The molecular formula is C14H13ClF3NO2. The first-order chi connectivity index (χ1) is 9.90. The Labute approximate surface area is 124 Å². The molecule has 0 aromatic carbocycles. The summed E-state index contributed by atoms with van der Waals surface area (Å²) < 4.78 is 49.0. The van der Waals surface area contributed by atoms with E-state index in [1.165, 1.54) is 0 Å². The lowest BCUT2D eigenvalue weighted by Gasteiger charge is -2.30. The Morgan fingerprint density at radius 3 is 2.48 bits per heavy atom.